The molecule has 0 spiro atoms. The second kappa shape index (κ2) is 4.80. The van der Waals surface area contributed by atoms with Gasteiger partial charge in [0.1, 0.15) is 18.0 Å². The van der Waals surface area contributed by atoms with E-state index in [1.54, 1.807) is 6.07 Å². The number of hydrogen-bond acceptors (Lipinski definition) is 4. The quantitative estimate of drug-likeness (QED) is 0.894. The molecule has 0 saturated carbocycles. The molecule has 1 fully saturated rings. The molecule has 1 heterocycles. The number of sulfone groups is 1. The Morgan fingerprint density at radius 2 is 1.95 bits per heavy atom. The molecule has 1 aliphatic rings. The van der Waals surface area contributed by atoms with Gasteiger partial charge in [0.05, 0.1) is 11.5 Å². The van der Waals surface area contributed by atoms with Gasteiger partial charge in [0.25, 0.3) is 0 Å². The highest BCUT2D eigenvalue weighted by Gasteiger charge is 2.38. The molecule has 0 aliphatic carbocycles. The maximum Gasteiger partial charge on any atom is 0.156 e. The molecule has 2 unspecified atom stereocenters. The first kappa shape index (κ1) is 14.3. The van der Waals surface area contributed by atoms with Crippen LogP contribution in [0.5, 0.6) is 5.75 Å². The molecule has 0 bridgehead atoms. The van der Waals surface area contributed by atoms with Crippen molar-refractivity contribution in [1.29, 1.82) is 0 Å². The van der Waals surface area contributed by atoms with Crippen LogP contribution in [0.3, 0.4) is 0 Å². The molecule has 1 aromatic carbocycles. The molecule has 1 N–H and O–H groups in total. The van der Waals surface area contributed by atoms with Gasteiger partial charge in [-0.1, -0.05) is 32.9 Å². The number of ether oxygens (including phenoxy) is 1. The van der Waals surface area contributed by atoms with Crippen LogP contribution in [0.2, 0.25) is 0 Å². The summed E-state index contributed by atoms with van der Waals surface area (Å²) in [7, 11) is -3.18. The van der Waals surface area contributed by atoms with E-state index in [9.17, 15) is 13.5 Å². The van der Waals surface area contributed by atoms with E-state index in [2.05, 4.69) is 20.8 Å². The second-order valence-electron chi connectivity index (χ2n) is 6.08. The van der Waals surface area contributed by atoms with Crippen LogP contribution in [0.4, 0.5) is 0 Å². The molecule has 0 amide bonds. The van der Waals surface area contributed by atoms with Crippen molar-refractivity contribution in [3.63, 3.8) is 0 Å². The minimum atomic E-state index is -3.18. The second-order valence-corrected chi connectivity index (χ2v) is 8.23. The predicted molar refractivity (Wildman–Crippen MR) is 74.2 cm³/mol. The minimum Gasteiger partial charge on any atom is -0.487 e. The number of aliphatic hydroxyl groups excluding tert-OH is 1. The molecule has 2 atom stereocenters. The average molecular weight is 284 g/mol. The Bertz CT molecular complexity index is 557. The van der Waals surface area contributed by atoms with Crippen LogP contribution in [-0.2, 0) is 15.3 Å². The van der Waals surface area contributed by atoms with Gasteiger partial charge in [0.15, 0.2) is 9.84 Å². The zero-order valence-corrected chi connectivity index (χ0v) is 12.3. The van der Waals surface area contributed by atoms with Gasteiger partial charge in [0, 0.05) is 0 Å². The van der Waals surface area contributed by atoms with Gasteiger partial charge in [-0.05, 0) is 23.1 Å². The number of aliphatic hydroxyl groups is 1. The molecular weight excluding hydrogens is 264 g/mol. The van der Waals surface area contributed by atoms with E-state index in [0.717, 1.165) is 5.56 Å². The molecule has 0 aromatic heterocycles. The highest BCUT2D eigenvalue weighted by atomic mass is 32.2. The van der Waals surface area contributed by atoms with Crippen molar-refractivity contribution in [3.8, 4) is 5.75 Å². The Morgan fingerprint density at radius 1 is 1.26 bits per heavy atom. The summed E-state index contributed by atoms with van der Waals surface area (Å²) in [6.45, 7) is 6.29. The fraction of sp³-hybridized carbons (Fsp3) is 0.571. The maximum absolute atomic E-state index is 11.4. The minimum absolute atomic E-state index is 0.000260. The summed E-state index contributed by atoms with van der Waals surface area (Å²) in [6, 6.07) is 7.57. The van der Waals surface area contributed by atoms with Crippen molar-refractivity contribution in [2.45, 2.75) is 38.4 Å². The van der Waals surface area contributed by atoms with Crippen molar-refractivity contribution < 1.29 is 18.3 Å². The Morgan fingerprint density at radius 3 is 2.47 bits per heavy atom. The number of hydrogen-bond donors (Lipinski definition) is 1. The summed E-state index contributed by atoms with van der Waals surface area (Å²) >= 11 is 0. The Labute approximate surface area is 114 Å². The zero-order chi connectivity index (χ0) is 14.3. The highest BCUT2D eigenvalue weighted by Crippen LogP contribution is 2.27. The van der Waals surface area contributed by atoms with E-state index >= 15 is 0 Å². The van der Waals surface area contributed by atoms with Crippen molar-refractivity contribution in [1.82, 2.24) is 0 Å². The molecule has 4 nitrogen and oxygen atoms in total. The fourth-order valence-corrected chi connectivity index (χ4v) is 3.78. The number of benzene rings is 1. The average Bonchev–Trinajstić information content (AvgIpc) is 2.51. The molecule has 19 heavy (non-hydrogen) atoms. The van der Waals surface area contributed by atoms with E-state index in [-0.39, 0.29) is 16.9 Å². The van der Waals surface area contributed by atoms with Gasteiger partial charge in [-0.3, -0.25) is 0 Å². The van der Waals surface area contributed by atoms with Crippen molar-refractivity contribution in [2.75, 3.05) is 11.5 Å². The van der Waals surface area contributed by atoms with Gasteiger partial charge in [-0.2, -0.15) is 0 Å². The lowest BCUT2D eigenvalue weighted by Crippen LogP contribution is -2.29. The van der Waals surface area contributed by atoms with Crippen LogP contribution in [0.25, 0.3) is 0 Å². The SMILES string of the molecule is CC(C)(C)c1cccc(OC2CS(=O)(=O)CC2O)c1. The Hall–Kier alpha value is -1.07. The largest absolute Gasteiger partial charge is 0.487 e. The number of rotatable bonds is 2. The van der Waals surface area contributed by atoms with E-state index < -0.39 is 22.0 Å². The molecule has 1 aromatic rings. The van der Waals surface area contributed by atoms with Crippen molar-refractivity contribution in [2.24, 2.45) is 0 Å². The summed E-state index contributed by atoms with van der Waals surface area (Å²) in [5, 5.41) is 9.71. The van der Waals surface area contributed by atoms with Crippen LogP contribution in [0.15, 0.2) is 24.3 Å². The van der Waals surface area contributed by atoms with E-state index in [1.165, 1.54) is 0 Å². The first-order valence-electron chi connectivity index (χ1n) is 6.33. The highest BCUT2D eigenvalue weighted by molar-refractivity contribution is 7.91. The van der Waals surface area contributed by atoms with Crippen LogP contribution in [0.1, 0.15) is 26.3 Å². The normalized spacial score (nSPS) is 26.3. The smallest absolute Gasteiger partial charge is 0.156 e. The summed E-state index contributed by atoms with van der Waals surface area (Å²) in [5.74, 6) is 0.276. The first-order valence-corrected chi connectivity index (χ1v) is 8.15. The molecule has 1 saturated heterocycles. The molecule has 1 aliphatic heterocycles. The molecule has 2 rings (SSSR count). The monoisotopic (exact) mass is 284 g/mol. The maximum atomic E-state index is 11.4. The van der Waals surface area contributed by atoms with Crippen LogP contribution >= 0.6 is 0 Å². The first-order chi connectivity index (χ1) is 8.67. The van der Waals surface area contributed by atoms with Gasteiger partial charge in [0.2, 0.25) is 0 Å². The van der Waals surface area contributed by atoms with Gasteiger partial charge >= 0.3 is 0 Å². The molecule has 0 radical (unpaired) electrons. The predicted octanol–water partition coefficient (Wildman–Crippen LogP) is 1.52. The lowest BCUT2D eigenvalue weighted by molar-refractivity contribution is 0.0737. The standard InChI is InChI=1S/C14H20O4S/c1-14(2,3)10-5-4-6-11(7-10)18-13-9-19(16,17)8-12(13)15/h4-7,12-13,15H,8-9H2,1-3H3. The summed E-state index contributed by atoms with van der Waals surface area (Å²) in [4.78, 5) is 0. The van der Waals surface area contributed by atoms with E-state index in [1.807, 2.05) is 18.2 Å². The topological polar surface area (TPSA) is 63.6 Å². The molecule has 5 heteroatoms. The van der Waals surface area contributed by atoms with E-state index in [4.69, 9.17) is 4.74 Å². The van der Waals surface area contributed by atoms with Crippen LogP contribution in [-0.4, -0.2) is 37.2 Å². The van der Waals surface area contributed by atoms with Crippen LogP contribution in [0, 0.1) is 0 Å². The van der Waals surface area contributed by atoms with E-state index in [0.29, 0.717) is 5.75 Å². The third-order valence-electron chi connectivity index (χ3n) is 3.26. The van der Waals surface area contributed by atoms with Crippen molar-refractivity contribution >= 4 is 9.84 Å². The summed E-state index contributed by atoms with van der Waals surface area (Å²) < 4.78 is 28.5. The van der Waals surface area contributed by atoms with Gasteiger partial charge < -0.3 is 9.84 Å². The summed E-state index contributed by atoms with van der Waals surface area (Å²) in [5.41, 5.74) is 1.11. The van der Waals surface area contributed by atoms with Crippen molar-refractivity contribution in [3.05, 3.63) is 29.8 Å². The lowest BCUT2D eigenvalue weighted by atomic mass is 9.87. The lowest BCUT2D eigenvalue weighted by Gasteiger charge is -2.21. The zero-order valence-electron chi connectivity index (χ0n) is 11.5. The van der Waals surface area contributed by atoms with Crippen LogP contribution < -0.4 is 4.74 Å². The molecular formula is C14H20O4S. The Balaban J connectivity index is 2.16. The third-order valence-corrected chi connectivity index (χ3v) is 4.95. The van der Waals surface area contributed by atoms with Gasteiger partial charge in [-0.25, -0.2) is 8.42 Å². The Kier molecular flexibility index (Phi) is 3.62. The van der Waals surface area contributed by atoms with Gasteiger partial charge in [-0.15, -0.1) is 0 Å². The third kappa shape index (κ3) is 3.48. The molecule has 106 valence electrons. The summed E-state index contributed by atoms with van der Waals surface area (Å²) in [6.07, 6.45) is -1.61. The fourth-order valence-electron chi connectivity index (χ4n) is 2.12.